The van der Waals surface area contributed by atoms with Crippen molar-refractivity contribution in [3.05, 3.63) is 33.9 Å². The molecular weight excluding hydrogens is 198 g/mol. The second kappa shape index (κ2) is 3.34. The maximum absolute atomic E-state index is 11.3. The van der Waals surface area contributed by atoms with Crippen molar-refractivity contribution in [1.29, 1.82) is 0 Å². The van der Waals surface area contributed by atoms with E-state index in [9.17, 15) is 14.9 Å². The van der Waals surface area contributed by atoms with Crippen LogP contribution in [0.5, 0.6) is 5.75 Å². The van der Waals surface area contributed by atoms with Crippen LogP contribution in [0.3, 0.4) is 0 Å². The number of non-ortho nitro benzene ring substituents is 1. The number of nitro groups is 1. The predicted octanol–water partition coefficient (Wildman–Crippen LogP) is 1.49. The average molecular weight is 207 g/mol. The largest absolute Gasteiger partial charge is 0.483 e. The van der Waals surface area contributed by atoms with Gasteiger partial charge in [0, 0.05) is 24.1 Å². The Morgan fingerprint density at radius 2 is 2.27 bits per heavy atom. The summed E-state index contributed by atoms with van der Waals surface area (Å²) in [4.78, 5) is 21.4. The molecule has 1 aliphatic heterocycles. The number of benzene rings is 1. The molecule has 1 aromatic carbocycles. The summed E-state index contributed by atoms with van der Waals surface area (Å²) in [6, 6.07) is 4.30. The van der Waals surface area contributed by atoms with Crippen LogP contribution >= 0.6 is 0 Å². The molecule has 0 radical (unpaired) electrons. The van der Waals surface area contributed by atoms with Crippen molar-refractivity contribution in [2.24, 2.45) is 0 Å². The summed E-state index contributed by atoms with van der Waals surface area (Å²) in [6.45, 7) is 1.67. The minimum Gasteiger partial charge on any atom is -0.483 e. The van der Waals surface area contributed by atoms with Crippen LogP contribution in [0.4, 0.5) is 5.69 Å². The lowest BCUT2D eigenvalue weighted by Gasteiger charge is -2.21. The van der Waals surface area contributed by atoms with Crippen molar-refractivity contribution >= 4 is 11.5 Å². The van der Waals surface area contributed by atoms with Crippen LogP contribution in [0.2, 0.25) is 0 Å². The van der Waals surface area contributed by atoms with Gasteiger partial charge in [0.25, 0.3) is 5.69 Å². The Morgan fingerprint density at radius 3 is 2.93 bits per heavy atom. The summed E-state index contributed by atoms with van der Waals surface area (Å²) in [6.07, 6.45) is -0.253. The number of nitrogens with zero attached hydrogens (tertiary/aromatic N) is 1. The van der Waals surface area contributed by atoms with Crippen LogP contribution in [0.15, 0.2) is 18.2 Å². The van der Waals surface area contributed by atoms with E-state index in [-0.39, 0.29) is 17.9 Å². The van der Waals surface area contributed by atoms with Gasteiger partial charge in [0.15, 0.2) is 11.9 Å². The molecule has 2 rings (SSSR count). The number of ketones is 1. The Morgan fingerprint density at radius 1 is 1.53 bits per heavy atom. The fourth-order valence-electron chi connectivity index (χ4n) is 1.52. The van der Waals surface area contributed by atoms with E-state index >= 15 is 0 Å². The van der Waals surface area contributed by atoms with Crippen molar-refractivity contribution in [2.75, 3.05) is 0 Å². The van der Waals surface area contributed by atoms with Gasteiger partial charge in [-0.2, -0.15) is 0 Å². The zero-order valence-electron chi connectivity index (χ0n) is 8.10. The highest BCUT2D eigenvalue weighted by molar-refractivity contribution is 5.87. The fourth-order valence-corrected chi connectivity index (χ4v) is 1.52. The van der Waals surface area contributed by atoms with E-state index in [0.717, 1.165) is 0 Å². The number of carbonyl (C=O) groups is 1. The Hall–Kier alpha value is -1.91. The highest BCUT2D eigenvalue weighted by atomic mass is 16.6. The summed E-state index contributed by atoms with van der Waals surface area (Å²) < 4.78 is 5.31. The Bertz CT molecular complexity index is 441. The first-order chi connectivity index (χ1) is 7.08. The van der Waals surface area contributed by atoms with Crippen LogP contribution in [-0.2, 0) is 11.2 Å². The molecule has 0 saturated carbocycles. The monoisotopic (exact) mass is 207 g/mol. The van der Waals surface area contributed by atoms with Crippen molar-refractivity contribution in [3.8, 4) is 5.75 Å². The van der Waals surface area contributed by atoms with E-state index in [1.54, 1.807) is 6.92 Å². The maximum atomic E-state index is 11.3. The van der Waals surface area contributed by atoms with Crippen LogP contribution < -0.4 is 4.74 Å². The summed E-state index contributed by atoms with van der Waals surface area (Å²) in [5.41, 5.74) is 0.576. The highest BCUT2D eigenvalue weighted by Gasteiger charge is 2.25. The molecule has 5 heteroatoms. The first kappa shape index (κ1) is 9.64. The van der Waals surface area contributed by atoms with Gasteiger partial charge >= 0.3 is 0 Å². The summed E-state index contributed by atoms with van der Waals surface area (Å²) in [5, 5.41) is 10.5. The highest BCUT2D eigenvalue weighted by Crippen LogP contribution is 2.29. The van der Waals surface area contributed by atoms with Gasteiger partial charge in [0.2, 0.25) is 0 Å². The van der Waals surface area contributed by atoms with Crippen LogP contribution in [-0.4, -0.2) is 16.8 Å². The molecule has 1 unspecified atom stereocenters. The van der Waals surface area contributed by atoms with E-state index < -0.39 is 11.0 Å². The number of carbonyl (C=O) groups excluding carboxylic acids is 1. The molecule has 0 saturated heterocycles. The third-order valence-electron chi connectivity index (χ3n) is 2.38. The molecule has 0 N–H and O–H groups in total. The minimum atomic E-state index is -0.483. The Labute approximate surface area is 85.8 Å². The third kappa shape index (κ3) is 1.68. The molecule has 0 spiro atoms. The lowest BCUT2D eigenvalue weighted by atomic mass is 10.0. The van der Waals surface area contributed by atoms with E-state index in [0.29, 0.717) is 11.3 Å². The number of hydrogen-bond donors (Lipinski definition) is 0. The van der Waals surface area contributed by atoms with Gasteiger partial charge in [-0.25, -0.2) is 0 Å². The molecular formula is C10H9NO4. The molecule has 1 aliphatic rings. The molecule has 0 aromatic heterocycles. The number of ether oxygens (including phenoxy) is 1. The topological polar surface area (TPSA) is 69.4 Å². The van der Waals surface area contributed by atoms with Gasteiger partial charge in [0.1, 0.15) is 5.75 Å². The zero-order valence-corrected chi connectivity index (χ0v) is 8.10. The standard InChI is InChI=1S/C10H9NO4/c1-6-9(12)5-7-4-8(11(13)14)2-3-10(7)15-6/h2-4,6H,5H2,1H3. The van der Waals surface area contributed by atoms with Crippen molar-refractivity contribution in [1.82, 2.24) is 0 Å². The molecule has 1 atom stereocenters. The predicted molar refractivity (Wildman–Crippen MR) is 51.9 cm³/mol. The summed E-state index contributed by atoms with van der Waals surface area (Å²) in [5.74, 6) is 0.510. The lowest BCUT2D eigenvalue weighted by Crippen LogP contribution is -2.30. The number of rotatable bonds is 1. The second-order valence-electron chi connectivity index (χ2n) is 3.45. The van der Waals surface area contributed by atoms with Gasteiger partial charge in [-0.1, -0.05) is 0 Å². The molecule has 78 valence electrons. The summed E-state index contributed by atoms with van der Waals surface area (Å²) >= 11 is 0. The SMILES string of the molecule is CC1Oc2ccc([N+](=O)[O-])cc2CC1=O. The van der Waals surface area contributed by atoms with Crippen LogP contribution in [0.1, 0.15) is 12.5 Å². The molecule has 0 bridgehead atoms. The number of hydrogen-bond acceptors (Lipinski definition) is 4. The lowest BCUT2D eigenvalue weighted by molar-refractivity contribution is -0.384. The number of fused-ring (bicyclic) bond motifs is 1. The molecule has 5 nitrogen and oxygen atoms in total. The molecule has 0 amide bonds. The van der Waals surface area contributed by atoms with Crippen LogP contribution in [0.25, 0.3) is 0 Å². The average Bonchev–Trinajstić information content (AvgIpc) is 2.19. The van der Waals surface area contributed by atoms with Crippen LogP contribution in [0, 0.1) is 10.1 Å². The van der Waals surface area contributed by atoms with E-state index in [1.165, 1.54) is 18.2 Å². The van der Waals surface area contributed by atoms with Gasteiger partial charge in [-0.3, -0.25) is 14.9 Å². The smallest absolute Gasteiger partial charge is 0.269 e. The minimum absolute atomic E-state index is 0.0142. The van der Waals surface area contributed by atoms with E-state index in [4.69, 9.17) is 4.74 Å². The zero-order chi connectivity index (χ0) is 11.0. The van der Waals surface area contributed by atoms with E-state index in [1.807, 2.05) is 0 Å². The normalized spacial score (nSPS) is 19.3. The van der Waals surface area contributed by atoms with Gasteiger partial charge in [0.05, 0.1) is 4.92 Å². The Kier molecular flexibility index (Phi) is 2.15. The van der Waals surface area contributed by atoms with Gasteiger partial charge in [-0.15, -0.1) is 0 Å². The molecule has 15 heavy (non-hydrogen) atoms. The Balaban J connectivity index is 2.41. The van der Waals surface area contributed by atoms with Crippen molar-refractivity contribution < 1.29 is 14.5 Å². The molecule has 1 heterocycles. The molecule has 1 aromatic rings. The second-order valence-corrected chi connectivity index (χ2v) is 3.45. The number of nitro benzene ring substituents is 1. The van der Waals surface area contributed by atoms with E-state index in [2.05, 4.69) is 0 Å². The van der Waals surface area contributed by atoms with Crippen molar-refractivity contribution in [3.63, 3.8) is 0 Å². The molecule has 0 aliphatic carbocycles. The van der Waals surface area contributed by atoms with Gasteiger partial charge in [-0.05, 0) is 13.0 Å². The van der Waals surface area contributed by atoms with Gasteiger partial charge < -0.3 is 4.74 Å². The quantitative estimate of drug-likeness (QED) is 0.516. The fraction of sp³-hybridized carbons (Fsp3) is 0.300. The molecule has 0 fully saturated rings. The number of Topliss-reactive ketones (excluding diaryl/α,β-unsaturated/α-hetero) is 1. The van der Waals surface area contributed by atoms with Crippen molar-refractivity contribution in [2.45, 2.75) is 19.4 Å². The summed E-state index contributed by atoms with van der Waals surface area (Å²) in [7, 11) is 0. The first-order valence-corrected chi connectivity index (χ1v) is 4.54. The first-order valence-electron chi connectivity index (χ1n) is 4.54. The maximum Gasteiger partial charge on any atom is 0.269 e. The third-order valence-corrected chi connectivity index (χ3v) is 2.38.